The highest BCUT2D eigenvalue weighted by molar-refractivity contribution is 5.95. The van der Waals surface area contributed by atoms with Crippen LogP contribution in [0.3, 0.4) is 0 Å². The molecule has 1 heterocycles. The van der Waals surface area contributed by atoms with Crippen LogP contribution in [0.4, 0.5) is 0 Å². The van der Waals surface area contributed by atoms with Crippen molar-refractivity contribution >= 4 is 16.9 Å². The highest BCUT2D eigenvalue weighted by Gasteiger charge is 2.16. The van der Waals surface area contributed by atoms with Gasteiger partial charge in [-0.3, -0.25) is 0 Å². The van der Waals surface area contributed by atoms with Gasteiger partial charge in [-0.1, -0.05) is 12.1 Å². The third kappa shape index (κ3) is 3.31. The van der Waals surface area contributed by atoms with Crippen LogP contribution >= 0.6 is 0 Å². The SMILES string of the molecule is COCc1cccc2c(OC(C)C)cc(C(=O)OC)nc12. The van der Waals surface area contributed by atoms with E-state index in [1.165, 1.54) is 7.11 Å². The molecule has 0 spiro atoms. The van der Waals surface area contributed by atoms with E-state index in [1.54, 1.807) is 13.2 Å². The second-order valence-electron chi connectivity index (χ2n) is 4.91. The van der Waals surface area contributed by atoms with Gasteiger partial charge in [-0.25, -0.2) is 9.78 Å². The first-order valence-corrected chi connectivity index (χ1v) is 6.73. The largest absolute Gasteiger partial charge is 0.490 e. The van der Waals surface area contributed by atoms with Gasteiger partial charge in [0.05, 0.1) is 25.3 Å². The Morgan fingerprint density at radius 1 is 1.29 bits per heavy atom. The standard InChI is InChI=1S/C16H19NO4/c1-10(2)21-14-8-13(16(18)20-4)17-15-11(9-19-3)6-5-7-12(14)15/h5-8,10H,9H2,1-4H3. The predicted octanol–water partition coefficient (Wildman–Crippen LogP) is 2.96. The van der Waals surface area contributed by atoms with Crippen LogP contribution in [0.25, 0.3) is 10.9 Å². The Labute approximate surface area is 123 Å². The lowest BCUT2D eigenvalue weighted by molar-refractivity contribution is 0.0593. The number of para-hydroxylation sites is 1. The van der Waals surface area contributed by atoms with E-state index in [2.05, 4.69) is 4.98 Å². The van der Waals surface area contributed by atoms with E-state index in [1.807, 2.05) is 32.0 Å². The molecule has 0 aliphatic carbocycles. The summed E-state index contributed by atoms with van der Waals surface area (Å²) in [6, 6.07) is 7.37. The third-order valence-corrected chi connectivity index (χ3v) is 2.94. The number of fused-ring (bicyclic) bond motifs is 1. The van der Waals surface area contributed by atoms with Gasteiger partial charge in [-0.05, 0) is 19.9 Å². The van der Waals surface area contributed by atoms with Gasteiger partial charge < -0.3 is 14.2 Å². The molecule has 2 rings (SSSR count). The molecule has 5 heteroatoms. The van der Waals surface area contributed by atoms with Crippen LogP contribution < -0.4 is 4.74 Å². The molecule has 1 aromatic heterocycles. The number of esters is 1. The van der Waals surface area contributed by atoms with Crippen LogP contribution in [-0.4, -0.2) is 31.3 Å². The molecule has 1 aromatic carbocycles. The van der Waals surface area contributed by atoms with E-state index < -0.39 is 5.97 Å². The van der Waals surface area contributed by atoms with Crippen LogP contribution in [0.2, 0.25) is 0 Å². The first kappa shape index (κ1) is 15.3. The number of pyridine rings is 1. The lowest BCUT2D eigenvalue weighted by atomic mass is 10.1. The van der Waals surface area contributed by atoms with Crippen LogP contribution in [-0.2, 0) is 16.1 Å². The van der Waals surface area contributed by atoms with Crippen molar-refractivity contribution in [3.63, 3.8) is 0 Å². The lowest BCUT2D eigenvalue weighted by Gasteiger charge is -2.15. The number of ether oxygens (including phenoxy) is 3. The smallest absolute Gasteiger partial charge is 0.356 e. The van der Waals surface area contributed by atoms with Crippen molar-refractivity contribution < 1.29 is 19.0 Å². The zero-order valence-electron chi connectivity index (χ0n) is 12.7. The van der Waals surface area contributed by atoms with Crippen molar-refractivity contribution in [3.05, 3.63) is 35.5 Å². The third-order valence-electron chi connectivity index (χ3n) is 2.94. The van der Waals surface area contributed by atoms with E-state index in [0.29, 0.717) is 17.9 Å². The molecule has 112 valence electrons. The number of rotatable bonds is 5. The molecule has 0 aliphatic rings. The van der Waals surface area contributed by atoms with Crippen molar-refractivity contribution in [1.82, 2.24) is 4.98 Å². The Morgan fingerprint density at radius 2 is 2.05 bits per heavy atom. The van der Waals surface area contributed by atoms with Gasteiger partial charge in [-0.2, -0.15) is 0 Å². The Balaban J connectivity index is 2.68. The zero-order valence-corrected chi connectivity index (χ0v) is 12.7. The fraction of sp³-hybridized carbons (Fsp3) is 0.375. The fourth-order valence-electron chi connectivity index (χ4n) is 2.11. The summed E-state index contributed by atoms with van der Waals surface area (Å²) in [5, 5.41) is 0.853. The molecular formula is C16H19NO4. The average Bonchev–Trinajstić information content (AvgIpc) is 2.46. The first-order chi connectivity index (χ1) is 10.1. The molecule has 0 fully saturated rings. The molecule has 0 saturated carbocycles. The minimum atomic E-state index is -0.488. The highest BCUT2D eigenvalue weighted by atomic mass is 16.5. The molecular weight excluding hydrogens is 270 g/mol. The number of carbonyl (C=O) groups is 1. The maximum atomic E-state index is 11.8. The molecule has 21 heavy (non-hydrogen) atoms. The Hall–Kier alpha value is -2.14. The normalized spacial score (nSPS) is 10.9. The van der Waals surface area contributed by atoms with Crippen molar-refractivity contribution in [2.75, 3.05) is 14.2 Å². The van der Waals surface area contributed by atoms with Gasteiger partial charge in [0.25, 0.3) is 0 Å². The minimum absolute atomic E-state index is 0.00724. The number of carbonyl (C=O) groups excluding carboxylic acids is 1. The van der Waals surface area contributed by atoms with Crippen molar-refractivity contribution in [2.45, 2.75) is 26.6 Å². The molecule has 0 radical (unpaired) electrons. The zero-order chi connectivity index (χ0) is 15.4. The molecule has 5 nitrogen and oxygen atoms in total. The fourth-order valence-corrected chi connectivity index (χ4v) is 2.11. The first-order valence-electron chi connectivity index (χ1n) is 6.73. The van der Waals surface area contributed by atoms with E-state index in [-0.39, 0.29) is 11.8 Å². The summed E-state index contributed by atoms with van der Waals surface area (Å²) in [4.78, 5) is 16.2. The molecule has 0 unspecified atom stereocenters. The number of nitrogens with zero attached hydrogens (tertiary/aromatic N) is 1. The second kappa shape index (κ2) is 6.54. The van der Waals surface area contributed by atoms with Gasteiger partial charge >= 0.3 is 5.97 Å². The summed E-state index contributed by atoms with van der Waals surface area (Å²) < 4.78 is 15.8. The van der Waals surface area contributed by atoms with E-state index in [0.717, 1.165) is 10.9 Å². The quantitative estimate of drug-likeness (QED) is 0.792. The number of hydrogen-bond acceptors (Lipinski definition) is 5. The van der Waals surface area contributed by atoms with Crippen molar-refractivity contribution in [1.29, 1.82) is 0 Å². The predicted molar refractivity (Wildman–Crippen MR) is 79.6 cm³/mol. The number of methoxy groups -OCH3 is 2. The summed E-state index contributed by atoms with van der Waals surface area (Å²) in [6.45, 7) is 4.28. The van der Waals surface area contributed by atoms with Crippen LogP contribution in [0, 0.1) is 0 Å². The lowest BCUT2D eigenvalue weighted by Crippen LogP contribution is -2.10. The molecule has 0 amide bonds. The van der Waals surface area contributed by atoms with Gasteiger partial charge in [0, 0.05) is 24.1 Å². The monoisotopic (exact) mass is 289 g/mol. The summed E-state index contributed by atoms with van der Waals surface area (Å²) >= 11 is 0. The maximum Gasteiger partial charge on any atom is 0.356 e. The van der Waals surface area contributed by atoms with Gasteiger partial charge in [0.15, 0.2) is 5.69 Å². The number of hydrogen-bond donors (Lipinski definition) is 0. The summed E-state index contributed by atoms with van der Waals surface area (Å²) in [7, 11) is 2.95. The minimum Gasteiger partial charge on any atom is -0.490 e. The van der Waals surface area contributed by atoms with Crippen molar-refractivity contribution in [2.24, 2.45) is 0 Å². The number of benzene rings is 1. The molecule has 0 saturated heterocycles. The Kier molecular flexibility index (Phi) is 4.75. The number of aromatic nitrogens is 1. The van der Waals surface area contributed by atoms with Crippen LogP contribution in [0.5, 0.6) is 5.75 Å². The second-order valence-corrected chi connectivity index (χ2v) is 4.91. The Bertz CT molecular complexity index is 652. The van der Waals surface area contributed by atoms with Gasteiger partial charge in [0.2, 0.25) is 0 Å². The summed E-state index contributed by atoms with van der Waals surface area (Å²) in [6.07, 6.45) is -0.00724. The summed E-state index contributed by atoms with van der Waals surface area (Å²) in [5.41, 5.74) is 1.82. The summed E-state index contributed by atoms with van der Waals surface area (Å²) in [5.74, 6) is 0.131. The van der Waals surface area contributed by atoms with Crippen LogP contribution in [0.15, 0.2) is 24.3 Å². The molecule has 0 N–H and O–H groups in total. The molecule has 2 aromatic rings. The topological polar surface area (TPSA) is 57.7 Å². The van der Waals surface area contributed by atoms with E-state index in [9.17, 15) is 4.79 Å². The van der Waals surface area contributed by atoms with Gasteiger partial charge in [0.1, 0.15) is 5.75 Å². The van der Waals surface area contributed by atoms with E-state index >= 15 is 0 Å². The Morgan fingerprint density at radius 3 is 2.67 bits per heavy atom. The van der Waals surface area contributed by atoms with Crippen molar-refractivity contribution in [3.8, 4) is 5.75 Å². The molecule has 0 bridgehead atoms. The van der Waals surface area contributed by atoms with Gasteiger partial charge in [-0.15, -0.1) is 0 Å². The van der Waals surface area contributed by atoms with E-state index in [4.69, 9.17) is 14.2 Å². The van der Waals surface area contributed by atoms with Crippen LogP contribution in [0.1, 0.15) is 29.9 Å². The molecule has 0 aliphatic heterocycles. The highest BCUT2D eigenvalue weighted by Crippen LogP contribution is 2.29. The molecule has 0 atom stereocenters. The maximum absolute atomic E-state index is 11.8. The average molecular weight is 289 g/mol.